The molecule has 0 spiro atoms. The number of aromatic nitrogens is 2. The molecule has 1 aromatic heterocycles. The Balaban J connectivity index is 2.04. The summed E-state index contributed by atoms with van der Waals surface area (Å²) in [7, 11) is 0. The summed E-state index contributed by atoms with van der Waals surface area (Å²) < 4.78 is 0.948. The van der Waals surface area contributed by atoms with Crippen LogP contribution in [0.1, 0.15) is 21.7 Å². The SMILES string of the molecule is Cc1ccc2nc(C(=O)c3ccc(Br)cc3)[nH]c2c1. The van der Waals surface area contributed by atoms with Gasteiger partial charge in [0.1, 0.15) is 0 Å². The van der Waals surface area contributed by atoms with E-state index in [1.165, 1.54) is 0 Å². The van der Waals surface area contributed by atoms with Gasteiger partial charge in [-0.1, -0.05) is 22.0 Å². The lowest BCUT2D eigenvalue weighted by Crippen LogP contribution is -2.03. The van der Waals surface area contributed by atoms with Crippen LogP contribution >= 0.6 is 15.9 Å². The average molecular weight is 315 g/mol. The van der Waals surface area contributed by atoms with Gasteiger partial charge in [-0.2, -0.15) is 0 Å². The molecule has 0 amide bonds. The van der Waals surface area contributed by atoms with Crippen molar-refractivity contribution in [1.29, 1.82) is 0 Å². The largest absolute Gasteiger partial charge is 0.335 e. The average Bonchev–Trinajstić information content (AvgIpc) is 2.81. The van der Waals surface area contributed by atoms with Crippen molar-refractivity contribution in [2.75, 3.05) is 0 Å². The number of imidazole rings is 1. The Labute approximate surface area is 118 Å². The molecular formula is C15H11BrN2O. The lowest BCUT2D eigenvalue weighted by Gasteiger charge is -1.97. The molecule has 0 aliphatic rings. The molecule has 3 rings (SSSR count). The maximum Gasteiger partial charge on any atom is 0.228 e. The quantitative estimate of drug-likeness (QED) is 0.730. The Morgan fingerprint density at radius 2 is 1.89 bits per heavy atom. The van der Waals surface area contributed by atoms with Crippen LogP contribution in [0.25, 0.3) is 11.0 Å². The van der Waals surface area contributed by atoms with E-state index < -0.39 is 0 Å². The van der Waals surface area contributed by atoms with Crippen molar-refractivity contribution in [3.8, 4) is 0 Å². The van der Waals surface area contributed by atoms with Crippen LogP contribution in [0, 0.1) is 6.92 Å². The minimum Gasteiger partial charge on any atom is -0.335 e. The number of aryl methyl sites for hydroxylation is 1. The van der Waals surface area contributed by atoms with Crippen molar-refractivity contribution in [2.24, 2.45) is 0 Å². The first-order chi connectivity index (χ1) is 9.13. The number of nitrogens with one attached hydrogen (secondary N) is 1. The molecule has 0 aliphatic carbocycles. The number of halogens is 1. The van der Waals surface area contributed by atoms with Crippen LogP contribution in [0.15, 0.2) is 46.9 Å². The summed E-state index contributed by atoms with van der Waals surface area (Å²) in [5.74, 6) is 0.282. The van der Waals surface area contributed by atoms with Gasteiger partial charge in [-0.25, -0.2) is 4.98 Å². The molecule has 19 heavy (non-hydrogen) atoms. The zero-order valence-corrected chi connectivity index (χ0v) is 11.9. The van der Waals surface area contributed by atoms with Crippen molar-refractivity contribution in [2.45, 2.75) is 6.92 Å². The molecule has 0 saturated heterocycles. The summed E-state index contributed by atoms with van der Waals surface area (Å²) in [6, 6.07) is 13.1. The molecule has 0 atom stereocenters. The van der Waals surface area contributed by atoms with Crippen LogP contribution in [0.4, 0.5) is 0 Å². The van der Waals surface area contributed by atoms with Crippen LogP contribution in [0.3, 0.4) is 0 Å². The maximum atomic E-state index is 12.3. The van der Waals surface area contributed by atoms with E-state index in [9.17, 15) is 4.79 Å². The molecule has 0 saturated carbocycles. The normalized spacial score (nSPS) is 10.8. The first kappa shape index (κ1) is 12.1. The highest BCUT2D eigenvalue weighted by molar-refractivity contribution is 9.10. The number of hydrogen-bond donors (Lipinski definition) is 1. The van der Waals surface area contributed by atoms with Gasteiger partial charge in [0.2, 0.25) is 5.78 Å². The predicted octanol–water partition coefficient (Wildman–Crippen LogP) is 3.86. The van der Waals surface area contributed by atoms with Crippen LogP contribution in [0.5, 0.6) is 0 Å². The number of carbonyl (C=O) groups is 1. The minimum absolute atomic E-state index is 0.0960. The van der Waals surface area contributed by atoms with Crippen molar-refractivity contribution in [3.63, 3.8) is 0 Å². The summed E-state index contributed by atoms with van der Waals surface area (Å²) >= 11 is 3.35. The second kappa shape index (κ2) is 4.63. The van der Waals surface area contributed by atoms with E-state index in [2.05, 4.69) is 25.9 Å². The van der Waals surface area contributed by atoms with Crippen LogP contribution in [0.2, 0.25) is 0 Å². The maximum absolute atomic E-state index is 12.3. The topological polar surface area (TPSA) is 45.8 Å². The zero-order chi connectivity index (χ0) is 13.4. The van der Waals surface area contributed by atoms with Gasteiger partial charge in [0.05, 0.1) is 11.0 Å². The first-order valence-corrected chi connectivity index (χ1v) is 6.69. The lowest BCUT2D eigenvalue weighted by atomic mass is 10.1. The number of aromatic amines is 1. The van der Waals surface area contributed by atoms with Gasteiger partial charge in [0.15, 0.2) is 5.82 Å². The second-order valence-electron chi connectivity index (χ2n) is 4.44. The zero-order valence-electron chi connectivity index (χ0n) is 10.3. The summed E-state index contributed by atoms with van der Waals surface area (Å²) in [5.41, 5.74) is 3.46. The number of ketones is 1. The summed E-state index contributed by atoms with van der Waals surface area (Å²) in [6.07, 6.45) is 0. The van der Waals surface area contributed by atoms with Crippen molar-refractivity contribution < 1.29 is 4.79 Å². The molecule has 3 aromatic rings. The molecule has 3 nitrogen and oxygen atoms in total. The third kappa shape index (κ3) is 2.31. The number of rotatable bonds is 2. The summed E-state index contributed by atoms with van der Waals surface area (Å²) in [4.78, 5) is 19.7. The number of benzene rings is 2. The smallest absolute Gasteiger partial charge is 0.228 e. The van der Waals surface area contributed by atoms with Crippen molar-refractivity contribution in [1.82, 2.24) is 9.97 Å². The van der Waals surface area contributed by atoms with E-state index in [1.54, 1.807) is 12.1 Å². The fourth-order valence-corrected chi connectivity index (χ4v) is 2.23. The van der Waals surface area contributed by atoms with E-state index >= 15 is 0 Å². The highest BCUT2D eigenvalue weighted by atomic mass is 79.9. The highest BCUT2D eigenvalue weighted by Crippen LogP contribution is 2.17. The Hall–Kier alpha value is -1.94. The highest BCUT2D eigenvalue weighted by Gasteiger charge is 2.13. The molecule has 0 radical (unpaired) electrons. The third-order valence-electron chi connectivity index (χ3n) is 2.96. The molecule has 4 heteroatoms. The van der Waals surface area contributed by atoms with E-state index in [1.807, 2.05) is 37.3 Å². The molecule has 0 aliphatic heterocycles. The molecule has 0 bridgehead atoms. The molecule has 2 aromatic carbocycles. The van der Waals surface area contributed by atoms with Crippen LogP contribution in [-0.4, -0.2) is 15.8 Å². The molecule has 94 valence electrons. The fraction of sp³-hybridized carbons (Fsp3) is 0.0667. The standard InChI is InChI=1S/C15H11BrN2O/c1-9-2-7-12-13(8-9)18-15(17-12)14(19)10-3-5-11(16)6-4-10/h2-8H,1H3,(H,17,18). The Kier molecular flexibility index (Phi) is 2.95. The second-order valence-corrected chi connectivity index (χ2v) is 5.36. The van der Waals surface area contributed by atoms with Gasteiger partial charge in [0, 0.05) is 10.0 Å². The Morgan fingerprint density at radius 3 is 2.63 bits per heavy atom. The Bertz CT molecular complexity index is 759. The van der Waals surface area contributed by atoms with Gasteiger partial charge >= 0.3 is 0 Å². The monoisotopic (exact) mass is 314 g/mol. The van der Waals surface area contributed by atoms with E-state index in [-0.39, 0.29) is 5.78 Å². The van der Waals surface area contributed by atoms with Gasteiger partial charge in [-0.3, -0.25) is 4.79 Å². The Morgan fingerprint density at radius 1 is 1.16 bits per heavy atom. The predicted molar refractivity (Wildman–Crippen MR) is 78.4 cm³/mol. The molecule has 1 N–H and O–H groups in total. The summed E-state index contributed by atoms with van der Waals surface area (Å²) in [5, 5.41) is 0. The minimum atomic E-state index is -0.0960. The number of carbonyl (C=O) groups excluding carboxylic acids is 1. The van der Waals surface area contributed by atoms with Gasteiger partial charge in [-0.05, 0) is 48.9 Å². The number of hydrogen-bond acceptors (Lipinski definition) is 2. The number of nitrogens with zero attached hydrogens (tertiary/aromatic N) is 1. The van der Waals surface area contributed by atoms with Gasteiger partial charge in [0.25, 0.3) is 0 Å². The third-order valence-corrected chi connectivity index (χ3v) is 3.49. The number of H-pyrrole nitrogens is 1. The molecule has 0 fully saturated rings. The number of fused-ring (bicyclic) bond motifs is 1. The van der Waals surface area contributed by atoms with Crippen LogP contribution in [-0.2, 0) is 0 Å². The van der Waals surface area contributed by atoms with Gasteiger partial charge < -0.3 is 4.98 Å². The summed E-state index contributed by atoms with van der Waals surface area (Å²) in [6.45, 7) is 2.01. The molecular weight excluding hydrogens is 304 g/mol. The van der Waals surface area contributed by atoms with E-state index in [0.717, 1.165) is 21.1 Å². The fourth-order valence-electron chi connectivity index (χ4n) is 1.97. The van der Waals surface area contributed by atoms with Crippen molar-refractivity contribution in [3.05, 3.63) is 63.9 Å². The molecule has 1 heterocycles. The van der Waals surface area contributed by atoms with E-state index in [0.29, 0.717) is 11.4 Å². The molecule has 0 unspecified atom stereocenters. The van der Waals surface area contributed by atoms with Gasteiger partial charge in [-0.15, -0.1) is 0 Å². The van der Waals surface area contributed by atoms with Crippen LogP contribution < -0.4 is 0 Å². The van der Waals surface area contributed by atoms with E-state index in [4.69, 9.17) is 0 Å². The van der Waals surface area contributed by atoms with Crippen molar-refractivity contribution >= 4 is 32.7 Å². The first-order valence-electron chi connectivity index (χ1n) is 5.90. The lowest BCUT2D eigenvalue weighted by molar-refractivity contribution is 0.103.